The summed E-state index contributed by atoms with van der Waals surface area (Å²) in [6.45, 7) is 3.63. The van der Waals surface area contributed by atoms with Crippen molar-refractivity contribution in [2.45, 2.75) is 152 Å². The van der Waals surface area contributed by atoms with Crippen LogP contribution in [-0.4, -0.2) is 187 Å². The molecule has 2 rings (SSSR count). The van der Waals surface area contributed by atoms with Gasteiger partial charge in [-0.3, -0.25) is 28.8 Å². The first-order valence-corrected chi connectivity index (χ1v) is 18.3. The fourth-order valence-electron chi connectivity index (χ4n) is 5.93. The van der Waals surface area contributed by atoms with Gasteiger partial charge in [0.15, 0.2) is 18.9 Å². The number of nitrogens with two attached hydrogens (primary N) is 1. The smallest absolute Gasteiger partial charge is 0.326 e. The summed E-state index contributed by atoms with van der Waals surface area (Å²) in [4.78, 5) is 96.7. The molecule has 15 N–H and O–H groups in total. The number of hydrogen-bond donors (Lipinski definition) is 14. The van der Waals surface area contributed by atoms with E-state index in [2.05, 4.69) is 26.6 Å². The van der Waals surface area contributed by atoms with Crippen LogP contribution >= 0.6 is 0 Å². The predicted octanol–water partition coefficient (Wildman–Crippen LogP) is -6.73. The summed E-state index contributed by atoms with van der Waals surface area (Å²) in [7, 11) is 0. The standard InChI is InChI=1S/C33H54N6O20/c1-11(26(47)39-17(30(53)54)8-9-19(43)38-16(29(51)52)7-5-6-15(34)28(49)50)35-27(48)12(2)56-25-21(37-14(4)42)31(55)58-33(24(25)46)59-32-20(36-13(3)41)23(45)22(44)18(10-40)57-32/h11-12,15-18,20-25,31-33,40,44-46,55H,5-10,34H2,1-4H3,(H,35,48)(H,36,41)(H,37,42)(H,38,43)(H,39,47)(H,49,50)(H,51,52)(H,53,54)/t11-,12?,15?,16-,17+,18+,20+,21+,22+,23+,24-,25+,31?,32-,33+/m0/s1. The van der Waals surface area contributed by atoms with Crippen molar-refractivity contribution >= 4 is 47.4 Å². The number of carboxylic acids is 3. The average Bonchev–Trinajstić information content (AvgIpc) is 3.14. The number of hydrogen-bond acceptors (Lipinski definition) is 18. The minimum Gasteiger partial charge on any atom is -0.480 e. The van der Waals surface area contributed by atoms with E-state index in [1.807, 2.05) is 0 Å². The second-order valence-electron chi connectivity index (χ2n) is 13.9. The van der Waals surface area contributed by atoms with E-state index >= 15 is 0 Å². The number of carbonyl (C=O) groups excluding carboxylic acids is 5. The molecule has 5 amide bonds. The summed E-state index contributed by atoms with van der Waals surface area (Å²) in [5.41, 5.74) is 5.39. The molecule has 3 unspecified atom stereocenters. The van der Waals surface area contributed by atoms with E-state index in [0.29, 0.717) is 0 Å². The molecule has 0 bridgehead atoms. The first kappa shape index (κ1) is 50.5. The van der Waals surface area contributed by atoms with E-state index < -0.39 is 159 Å². The lowest BCUT2D eigenvalue weighted by Gasteiger charge is -2.47. The van der Waals surface area contributed by atoms with Gasteiger partial charge in [-0.15, -0.1) is 0 Å². The number of amides is 5. The van der Waals surface area contributed by atoms with Gasteiger partial charge < -0.3 is 92.1 Å². The highest BCUT2D eigenvalue weighted by Gasteiger charge is 2.52. The van der Waals surface area contributed by atoms with Gasteiger partial charge in [0.05, 0.1) is 6.61 Å². The molecule has 2 saturated heterocycles. The van der Waals surface area contributed by atoms with Crippen molar-refractivity contribution in [1.82, 2.24) is 26.6 Å². The normalized spacial score (nSPS) is 29.3. The van der Waals surface area contributed by atoms with Gasteiger partial charge in [0.1, 0.15) is 72.9 Å². The average molecular weight is 855 g/mol. The van der Waals surface area contributed by atoms with Crippen LogP contribution in [-0.2, 0) is 57.3 Å². The van der Waals surface area contributed by atoms with E-state index in [-0.39, 0.29) is 19.3 Å². The van der Waals surface area contributed by atoms with Crippen molar-refractivity contribution < 1.29 is 98.2 Å². The van der Waals surface area contributed by atoms with Gasteiger partial charge in [-0.25, -0.2) is 9.59 Å². The van der Waals surface area contributed by atoms with Gasteiger partial charge in [0.2, 0.25) is 29.5 Å². The van der Waals surface area contributed by atoms with Crippen LogP contribution in [0, 0.1) is 0 Å². The predicted molar refractivity (Wildman–Crippen MR) is 191 cm³/mol. The molecule has 2 aliphatic heterocycles. The van der Waals surface area contributed by atoms with Crippen molar-refractivity contribution in [3.63, 3.8) is 0 Å². The Morgan fingerprint density at radius 2 is 1.27 bits per heavy atom. The lowest BCUT2D eigenvalue weighted by molar-refractivity contribution is -0.375. The first-order chi connectivity index (χ1) is 27.5. The number of carbonyl (C=O) groups is 8. The molecule has 26 nitrogen and oxygen atoms in total. The van der Waals surface area contributed by atoms with Crippen molar-refractivity contribution in [2.24, 2.45) is 5.73 Å². The molecular weight excluding hydrogens is 800 g/mol. The third kappa shape index (κ3) is 15.2. The number of aliphatic hydroxyl groups excluding tert-OH is 5. The molecule has 59 heavy (non-hydrogen) atoms. The van der Waals surface area contributed by atoms with E-state index in [1.54, 1.807) is 0 Å². The summed E-state index contributed by atoms with van der Waals surface area (Å²) >= 11 is 0. The largest absolute Gasteiger partial charge is 0.480 e. The lowest BCUT2D eigenvalue weighted by Crippen LogP contribution is -2.68. The minimum absolute atomic E-state index is 0.0379. The molecule has 0 aromatic carbocycles. The Bertz CT molecular complexity index is 1510. The Balaban J connectivity index is 2.09. The third-order valence-corrected chi connectivity index (χ3v) is 9.15. The fraction of sp³-hybridized carbons (Fsp3) is 0.758. The molecular formula is C33H54N6O20. The number of carboxylic acid groups (broad SMARTS) is 3. The van der Waals surface area contributed by atoms with E-state index in [9.17, 15) is 74.1 Å². The Kier molecular flexibility index (Phi) is 19.9. The van der Waals surface area contributed by atoms with Gasteiger partial charge in [-0.2, -0.15) is 0 Å². The monoisotopic (exact) mass is 854 g/mol. The zero-order valence-corrected chi connectivity index (χ0v) is 32.5. The maximum absolute atomic E-state index is 13.2. The van der Waals surface area contributed by atoms with Crippen LogP contribution in [0.1, 0.15) is 59.8 Å². The number of ether oxygens (including phenoxy) is 4. The summed E-state index contributed by atoms with van der Waals surface area (Å²) < 4.78 is 22.2. The van der Waals surface area contributed by atoms with E-state index in [0.717, 1.165) is 27.7 Å². The van der Waals surface area contributed by atoms with Crippen LogP contribution in [0.4, 0.5) is 0 Å². The van der Waals surface area contributed by atoms with Crippen LogP contribution in [0.3, 0.4) is 0 Å². The molecule has 15 atom stereocenters. The van der Waals surface area contributed by atoms with Crippen LogP contribution in [0.15, 0.2) is 0 Å². The second kappa shape index (κ2) is 23.2. The number of aliphatic carboxylic acids is 3. The van der Waals surface area contributed by atoms with Crippen molar-refractivity contribution in [3.8, 4) is 0 Å². The molecule has 26 heteroatoms. The molecule has 336 valence electrons. The van der Waals surface area contributed by atoms with Crippen LogP contribution in [0.25, 0.3) is 0 Å². The van der Waals surface area contributed by atoms with Crippen LogP contribution < -0.4 is 32.3 Å². The molecule has 0 aromatic rings. The summed E-state index contributed by atoms with van der Waals surface area (Å²) in [6.07, 6.45) is -17.2. The van der Waals surface area contributed by atoms with Crippen molar-refractivity contribution in [1.29, 1.82) is 0 Å². The first-order valence-electron chi connectivity index (χ1n) is 18.3. The highest BCUT2D eigenvalue weighted by Crippen LogP contribution is 2.29. The van der Waals surface area contributed by atoms with E-state index in [4.69, 9.17) is 29.8 Å². The Hall–Kier alpha value is -4.64. The molecule has 0 radical (unpaired) electrons. The highest BCUT2D eigenvalue weighted by atomic mass is 16.8. The third-order valence-electron chi connectivity index (χ3n) is 9.15. The Morgan fingerprint density at radius 1 is 0.695 bits per heavy atom. The quantitative estimate of drug-likeness (QED) is 0.0481. The number of nitrogens with one attached hydrogen (secondary N) is 5. The van der Waals surface area contributed by atoms with Crippen molar-refractivity contribution in [3.05, 3.63) is 0 Å². The second-order valence-corrected chi connectivity index (χ2v) is 13.9. The molecule has 0 spiro atoms. The maximum Gasteiger partial charge on any atom is 0.326 e. The highest BCUT2D eigenvalue weighted by molar-refractivity contribution is 5.91. The van der Waals surface area contributed by atoms with Crippen molar-refractivity contribution in [2.75, 3.05) is 6.61 Å². The molecule has 0 aromatic heterocycles. The van der Waals surface area contributed by atoms with Gasteiger partial charge in [0.25, 0.3) is 0 Å². The van der Waals surface area contributed by atoms with Crippen LogP contribution in [0.2, 0.25) is 0 Å². The molecule has 0 aliphatic carbocycles. The maximum atomic E-state index is 13.2. The molecule has 2 aliphatic rings. The van der Waals surface area contributed by atoms with Gasteiger partial charge >= 0.3 is 17.9 Å². The summed E-state index contributed by atoms with van der Waals surface area (Å²) in [6, 6.07) is -8.89. The topological polar surface area (TPSA) is 421 Å². The Labute approximate surface area is 336 Å². The number of aliphatic hydroxyl groups is 5. The zero-order chi connectivity index (χ0) is 44.9. The minimum atomic E-state index is -2.00. The van der Waals surface area contributed by atoms with Gasteiger partial charge in [0, 0.05) is 20.3 Å². The number of rotatable bonds is 22. The summed E-state index contributed by atoms with van der Waals surface area (Å²) in [5.74, 6) is -8.70. The lowest BCUT2D eigenvalue weighted by atomic mass is 9.96. The van der Waals surface area contributed by atoms with Crippen LogP contribution in [0.5, 0.6) is 0 Å². The van der Waals surface area contributed by atoms with Gasteiger partial charge in [-0.05, 0) is 39.5 Å². The molecule has 2 heterocycles. The molecule has 0 saturated carbocycles. The SMILES string of the molecule is CC(=O)N[C@H]1[C@H](O[C@H]2OC(O)[C@H](NC(C)=O)[C@@H](OC(C)C(=O)N[C@@H](C)C(=O)N[C@H](CCC(=O)N[C@@H](CCCC(N)C(=O)O)C(=O)O)C(=O)O)[C@@H]2O)O[C@H](CO)[C@@H](O)[C@@H]1O. The Morgan fingerprint density at radius 3 is 1.81 bits per heavy atom. The van der Waals surface area contributed by atoms with Gasteiger partial charge in [-0.1, -0.05) is 0 Å². The zero-order valence-electron chi connectivity index (χ0n) is 32.5. The summed E-state index contributed by atoms with van der Waals surface area (Å²) in [5, 5.41) is 91.7. The van der Waals surface area contributed by atoms with E-state index in [1.165, 1.54) is 0 Å². The molecule has 2 fully saturated rings. The fourth-order valence-corrected chi connectivity index (χ4v) is 5.93.